The normalized spacial score (nSPS) is 12.6. The van der Waals surface area contributed by atoms with Crippen LogP contribution in [0.25, 0.3) is 10.9 Å². The number of aromatic nitrogens is 4. The van der Waals surface area contributed by atoms with E-state index in [9.17, 15) is 13.6 Å². The molecule has 4 rings (SSSR count). The van der Waals surface area contributed by atoms with Crippen LogP contribution in [-0.4, -0.2) is 19.1 Å². The van der Waals surface area contributed by atoms with E-state index in [4.69, 9.17) is 0 Å². The Hall–Kier alpha value is -3.00. The maximum atomic E-state index is 13.3. The van der Waals surface area contributed by atoms with Crippen LogP contribution in [-0.2, 0) is 5.75 Å². The second-order valence-corrected chi connectivity index (χ2v) is 7.43. The monoisotopic (exact) mass is 412 g/mol. The van der Waals surface area contributed by atoms with Gasteiger partial charge in [0.25, 0.3) is 5.56 Å². The number of fused-ring (bicyclic) bond motifs is 1. The Morgan fingerprint density at radius 1 is 1.07 bits per heavy atom. The zero-order valence-electron chi connectivity index (χ0n) is 15.6. The fraction of sp³-hybridized carbons (Fsp3) is 0.190. The van der Waals surface area contributed by atoms with Crippen LogP contribution in [0.15, 0.2) is 76.9 Å². The van der Waals surface area contributed by atoms with Crippen molar-refractivity contribution in [1.29, 1.82) is 0 Å². The van der Waals surface area contributed by atoms with Crippen molar-refractivity contribution in [2.24, 2.45) is 0 Å². The molecule has 0 spiro atoms. The summed E-state index contributed by atoms with van der Waals surface area (Å²) in [6.07, 6.45) is 2.59. The molecule has 0 bridgehead atoms. The van der Waals surface area contributed by atoms with Gasteiger partial charge >= 0.3 is 6.55 Å². The average Bonchev–Trinajstić information content (AvgIpc) is 3.22. The second-order valence-electron chi connectivity index (χ2n) is 6.49. The van der Waals surface area contributed by atoms with Gasteiger partial charge in [-0.3, -0.25) is 13.9 Å². The van der Waals surface area contributed by atoms with Gasteiger partial charge in [0, 0.05) is 12.4 Å². The summed E-state index contributed by atoms with van der Waals surface area (Å²) in [4.78, 5) is 21.9. The first kappa shape index (κ1) is 19.3. The fourth-order valence-corrected chi connectivity index (χ4v) is 4.24. The molecule has 8 heteroatoms. The number of para-hydroxylation sites is 1. The van der Waals surface area contributed by atoms with E-state index < -0.39 is 6.55 Å². The molecule has 29 heavy (non-hydrogen) atoms. The van der Waals surface area contributed by atoms with Crippen molar-refractivity contribution in [1.82, 2.24) is 19.1 Å². The molecule has 0 saturated heterocycles. The molecule has 0 aliphatic carbocycles. The zero-order valence-corrected chi connectivity index (χ0v) is 16.4. The molecule has 148 valence electrons. The predicted molar refractivity (Wildman–Crippen MR) is 109 cm³/mol. The Bertz CT molecular complexity index is 1190. The molecule has 0 fully saturated rings. The van der Waals surface area contributed by atoms with Crippen molar-refractivity contribution in [2.45, 2.75) is 30.4 Å². The van der Waals surface area contributed by atoms with Crippen LogP contribution in [0.5, 0.6) is 0 Å². The first-order valence-electron chi connectivity index (χ1n) is 9.05. The van der Waals surface area contributed by atoms with Crippen molar-refractivity contribution in [3.63, 3.8) is 0 Å². The lowest BCUT2D eigenvalue weighted by atomic mass is 10.1. The summed E-state index contributed by atoms with van der Waals surface area (Å²) >= 11 is 1.22. The first-order valence-corrected chi connectivity index (χ1v) is 10.0. The molecule has 2 heterocycles. The SMILES string of the molecule is C[C@H](c1ccccc1)n1c(SCc2nccn2C(F)F)nc2ccccc2c1=O. The van der Waals surface area contributed by atoms with Crippen molar-refractivity contribution >= 4 is 22.7 Å². The Labute approximate surface area is 170 Å². The van der Waals surface area contributed by atoms with E-state index in [1.54, 1.807) is 22.8 Å². The fourth-order valence-electron chi connectivity index (χ4n) is 3.21. The summed E-state index contributed by atoms with van der Waals surface area (Å²) in [6, 6.07) is 16.5. The van der Waals surface area contributed by atoms with Crippen LogP contribution in [0, 0.1) is 0 Å². The lowest BCUT2D eigenvalue weighted by Gasteiger charge is -2.20. The Balaban J connectivity index is 1.79. The third kappa shape index (κ3) is 3.80. The van der Waals surface area contributed by atoms with E-state index in [1.807, 2.05) is 43.3 Å². The van der Waals surface area contributed by atoms with Crippen LogP contribution >= 0.6 is 11.8 Å². The largest absolute Gasteiger partial charge is 0.319 e. The van der Waals surface area contributed by atoms with Crippen LogP contribution in [0.3, 0.4) is 0 Å². The summed E-state index contributed by atoms with van der Waals surface area (Å²) < 4.78 is 28.7. The minimum atomic E-state index is -2.66. The maximum Gasteiger partial charge on any atom is 0.319 e. The maximum absolute atomic E-state index is 13.3. The summed E-state index contributed by atoms with van der Waals surface area (Å²) in [6.45, 7) is -0.736. The minimum Gasteiger partial charge on any atom is -0.280 e. The highest BCUT2D eigenvalue weighted by molar-refractivity contribution is 7.98. The molecule has 4 aromatic rings. The van der Waals surface area contributed by atoms with Crippen LogP contribution in [0.1, 0.15) is 30.9 Å². The molecule has 0 aliphatic heterocycles. The highest BCUT2D eigenvalue weighted by Gasteiger charge is 2.19. The first-order chi connectivity index (χ1) is 14.1. The van der Waals surface area contributed by atoms with Crippen LogP contribution in [0.2, 0.25) is 0 Å². The number of halogens is 2. The topological polar surface area (TPSA) is 52.7 Å². The van der Waals surface area contributed by atoms with Gasteiger partial charge in [-0.25, -0.2) is 9.97 Å². The van der Waals surface area contributed by atoms with Crippen molar-refractivity contribution in [2.75, 3.05) is 0 Å². The molecule has 0 unspecified atom stereocenters. The lowest BCUT2D eigenvalue weighted by molar-refractivity contribution is 0.0678. The minimum absolute atomic E-state index is 0.161. The van der Waals surface area contributed by atoms with Gasteiger partial charge in [0.15, 0.2) is 5.16 Å². The Morgan fingerprint density at radius 2 is 1.79 bits per heavy atom. The average molecular weight is 412 g/mol. The second kappa shape index (κ2) is 8.16. The number of hydrogen-bond donors (Lipinski definition) is 0. The van der Waals surface area contributed by atoms with E-state index in [-0.39, 0.29) is 23.2 Å². The van der Waals surface area contributed by atoms with Crippen LogP contribution < -0.4 is 5.56 Å². The van der Waals surface area contributed by atoms with Gasteiger partial charge < -0.3 is 0 Å². The van der Waals surface area contributed by atoms with Crippen molar-refractivity contribution < 1.29 is 8.78 Å². The molecular weight excluding hydrogens is 394 g/mol. The number of nitrogens with zero attached hydrogens (tertiary/aromatic N) is 4. The van der Waals surface area contributed by atoms with Gasteiger partial charge in [0.05, 0.1) is 22.7 Å². The van der Waals surface area contributed by atoms with Crippen LogP contribution in [0.4, 0.5) is 8.78 Å². The quantitative estimate of drug-likeness (QED) is 0.334. The molecule has 0 radical (unpaired) electrons. The van der Waals surface area contributed by atoms with E-state index in [2.05, 4.69) is 9.97 Å². The van der Waals surface area contributed by atoms with Gasteiger partial charge in [-0.1, -0.05) is 54.2 Å². The molecular formula is C21H18F2N4OS. The summed E-state index contributed by atoms with van der Waals surface area (Å²) in [5.41, 5.74) is 1.38. The van der Waals surface area contributed by atoms with E-state index in [0.717, 1.165) is 10.1 Å². The number of hydrogen-bond acceptors (Lipinski definition) is 4. The van der Waals surface area contributed by atoms with Gasteiger partial charge in [0.1, 0.15) is 5.82 Å². The molecule has 0 aliphatic rings. The molecule has 5 nitrogen and oxygen atoms in total. The number of rotatable bonds is 6. The van der Waals surface area contributed by atoms with Crippen molar-refractivity contribution in [3.8, 4) is 0 Å². The zero-order chi connectivity index (χ0) is 20.4. The van der Waals surface area contributed by atoms with Gasteiger partial charge in [-0.05, 0) is 24.6 Å². The molecule has 1 atom stereocenters. The standard InChI is InChI=1S/C21H18F2N4OS/c1-14(15-7-3-2-4-8-15)27-19(28)16-9-5-6-10-17(16)25-21(27)29-13-18-24-11-12-26(18)20(22)23/h2-12,14,20H,13H2,1H3/t14-/m1/s1. The summed E-state index contributed by atoms with van der Waals surface area (Å²) in [7, 11) is 0. The van der Waals surface area contributed by atoms with Gasteiger partial charge in [-0.2, -0.15) is 8.78 Å². The van der Waals surface area contributed by atoms with E-state index >= 15 is 0 Å². The summed E-state index contributed by atoms with van der Waals surface area (Å²) in [5.74, 6) is 0.398. The van der Waals surface area contributed by atoms with E-state index in [0.29, 0.717) is 16.1 Å². The lowest BCUT2D eigenvalue weighted by Crippen LogP contribution is -2.27. The number of alkyl halides is 2. The molecule has 0 N–H and O–H groups in total. The molecule has 0 amide bonds. The smallest absolute Gasteiger partial charge is 0.280 e. The third-order valence-electron chi connectivity index (χ3n) is 4.73. The Morgan fingerprint density at radius 3 is 2.55 bits per heavy atom. The number of thioether (sulfide) groups is 1. The van der Waals surface area contributed by atoms with Gasteiger partial charge in [0.2, 0.25) is 0 Å². The van der Waals surface area contributed by atoms with E-state index in [1.165, 1.54) is 24.2 Å². The predicted octanol–water partition coefficient (Wildman–Crippen LogP) is 4.89. The number of imidazole rings is 1. The highest BCUT2D eigenvalue weighted by atomic mass is 32.2. The molecule has 0 saturated carbocycles. The molecule has 2 aromatic carbocycles. The number of benzene rings is 2. The Kier molecular flexibility index (Phi) is 5.44. The highest BCUT2D eigenvalue weighted by Crippen LogP contribution is 2.27. The third-order valence-corrected chi connectivity index (χ3v) is 5.68. The molecule has 2 aromatic heterocycles. The summed E-state index contributed by atoms with van der Waals surface area (Å²) in [5, 5.41) is 0.989. The van der Waals surface area contributed by atoms with Crippen molar-refractivity contribution in [3.05, 3.63) is 88.7 Å². The van der Waals surface area contributed by atoms with Gasteiger partial charge in [-0.15, -0.1) is 0 Å².